The molecule has 0 N–H and O–H groups in total. The highest BCUT2D eigenvalue weighted by molar-refractivity contribution is 5.90. The molecule has 1 aliphatic carbocycles. The van der Waals surface area contributed by atoms with E-state index in [1.165, 1.54) is 13.2 Å². The summed E-state index contributed by atoms with van der Waals surface area (Å²) < 4.78 is 17.6. The summed E-state index contributed by atoms with van der Waals surface area (Å²) in [5, 5.41) is 16.1. The van der Waals surface area contributed by atoms with Gasteiger partial charge in [0, 0.05) is 11.6 Å². The molecule has 0 saturated heterocycles. The minimum atomic E-state index is -0.588. The standard InChI is InChI=1S/C23H23N3O6/c1-30-20-9-6-10-21(31-2)22(20)19-13-16(23(27)32-3)24-25(19)17-11-12-18(26(28)29)15-8-5-4-7-14(15)17/h6,9-13H,4-5,7-8H2,1-3H3. The first-order valence-electron chi connectivity index (χ1n) is 10.2. The van der Waals surface area contributed by atoms with Gasteiger partial charge in [-0.05, 0) is 55.5 Å². The van der Waals surface area contributed by atoms with Crippen LogP contribution in [0.5, 0.6) is 11.5 Å². The zero-order chi connectivity index (χ0) is 22.8. The molecule has 0 amide bonds. The molecular formula is C23H23N3O6. The summed E-state index contributed by atoms with van der Waals surface area (Å²) >= 11 is 0. The number of nitro benzene ring substituents is 1. The van der Waals surface area contributed by atoms with Crippen LogP contribution in [0, 0.1) is 10.1 Å². The molecule has 166 valence electrons. The van der Waals surface area contributed by atoms with Gasteiger partial charge in [0.05, 0.1) is 43.2 Å². The first-order valence-corrected chi connectivity index (χ1v) is 10.2. The number of carbonyl (C=O) groups excluding carboxylic acids is 1. The highest BCUT2D eigenvalue weighted by atomic mass is 16.6. The van der Waals surface area contributed by atoms with Crippen molar-refractivity contribution in [2.75, 3.05) is 21.3 Å². The topological polar surface area (TPSA) is 106 Å². The maximum Gasteiger partial charge on any atom is 0.358 e. The minimum absolute atomic E-state index is 0.110. The van der Waals surface area contributed by atoms with Crippen LogP contribution in [0.2, 0.25) is 0 Å². The Morgan fingerprint density at radius 3 is 2.28 bits per heavy atom. The Labute approximate surface area is 184 Å². The van der Waals surface area contributed by atoms with Crippen LogP contribution in [0.3, 0.4) is 0 Å². The van der Waals surface area contributed by atoms with E-state index in [1.807, 2.05) is 0 Å². The maximum absolute atomic E-state index is 12.3. The number of hydrogen-bond donors (Lipinski definition) is 0. The molecule has 0 unspecified atom stereocenters. The third-order valence-electron chi connectivity index (χ3n) is 5.70. The molecule has 0 radical (unpaired) electrons. The van der Waals surface area contributed by atoms with E-state index in [2.05, 4.69) is 5.10 Å². The Bertz CT molecular complexity index is 1180. The number of aromatic nitrogens is 2. The lowest BCUT2D eigenvalue weighted by Crippen LogP contribution is -2.13. The normalized spacial score (nSPS) is 12.7. The Hall–Kier alpha value is -3.88. The second-order valence-corrected chi connectivity index (χ2v) is 7.38. The molecule has 0 spiro atoms. The van der Waals surface area contributed by atoms with Gasteiger partial charge in [0.1, 0.15) is 11.5 Å². The second kappa shape index (κ2) is 8.70. The Kier molecular flexibility index (Phi) is 5.81. The number of methoxy groups -OCH3 is 3. The molecule has 4 rings (SSSR count). The van der Waals surface area contributed by atoms with Gasteiger partial charge in [0.2, 0.25) is 0 Å². The fraction of sp³-hybridized carbons (Fsp3) is 0.304. The van der Waals surface area contributed by atoms with Crippen molar-refractivity contribution in [1.29, 1.82) is 0 Å². The van der Waals surface area contributed by atoms with Crippen LogP contribution >= 0.6 is 0 Å². The first kappa shape index (κ1) is 21.4. The molecular weight excluding hydrogens is 414 g/mol. The fourth-order valence-electron chi connectivity index (χ4n) is 4.25. The SMILES string of the molecule is COC(=O)c1cc(-c2c(OC)cccc2OC)n(-c2ccc([N+](=O)[O-])c3c2CCCC3)n1. The largest absolute Gasteiger partial charge is 0.496 e. The number of ether oxygens (including phenoxy) is 3. The number of carbonyl (C=O) groups is 1. The maximum atomic E-state index is 12.3. The second-order valence-electron chi connectivity index (χ2n) is 7.38. The fourth-order valence-corrected chi connectivity index (χ4v) is 4.25. The number of nitrogens with zero attached hydrogens (tertiary/aromatic N) is 3. The molecule has 32 heavy (non-hydrogen) atoms. The van der Waals surface area contributed by atoms with Crippen molar-refractivity contribution in [3.63, 3.8) is 0 Å². The third kappa shape index (κ3) is 3.55. The number of nitro groups is 1. The van der Waals surface area contributed by atoms with Crippen LogP contribution in [-0.2, 0) is 17.6 Å². The van der Waals surface area contributed by atoms with Crippen molar-refractivity contribution in [2.45, 2.75) is 25.7 Å². The highest BCUT2D eigenvalue weighted by Crippen LogP contribution is 2.41. The quantitative estimate of drug-likeness (QED) is 0.324. The smallest absolute Gasteiger partial charge is 0.358 e. The summed E-state index contributed by atoms with van der Waals surface area (Å²) in [6.45, 7) is 0. The molecule has 0 atom stereocenters. The highest BCUT2D eigenvalue weighted by Gasteiger charge is 2.28. The van der Waals surface area contributed by atoms with Crippen LogP contribution in [0.15, 0.2) is 36.4 Å². The van der Waals surface area contributed by atoms with Gasteiger partial charge in [-0.15, -0.1) is 0 Å². The number of hydrogen-bond acceptors (Lipinski definition) is 7. The Balaban J connectivity index is 2.03. The van der Waals surface area contributed by atoms with E-state index < -0.39 is 5.97 Å². The van der Waals surface area contributed by atoms with Crippen molar-refractivity contribution < 1.29 is 23.9 Å². The van der Waals surface area contributed by atoms with E-state index in [0.717, 1.165) is 18.4 Å². The number of benzene rings is 2. The minimum Gasteiger partial charge on any atom is -0.496 e. The van der Waals surface area contributed by atoms with Crippen LogP contribution in [-0.4, -0.2) is 42.0 Å². The van der Waals surface area contributed by atoms with E-state index in [4.69, 9.17) is 14.2 Å². The summed E-state index contributed by atoms with van der Waals surface area (Å²) in [7, 11) is 4.39. The molecule has 0 saturated carbocycles. The molecule has 3 aromatic rings. The van der Waals surface area contributed by atoms with Gasteiger partial charge in [-0.2, -0.15) is 5.10 Å². The van der Waals surface area contributed by atoms with Crippen molar-refractivity contribution >= 4 is 11.7 Å². The van der Waals surface area contributed by atoms with Gasteiger partial charge in [-0.1, -0.05) is 6.07 Å². The lowest BCUT2D eigenvalue weighted by atomic mass is 9.89. The van der Waals surface area contributed by atoms with Crippen LogP contribution in [0.4, 0.5) is 5.69 Å². The molecule has 9 nitrogen and oxygen atoms in total. The van der Waals surface area contributed by atoms with Crippen molar-refractivity contribution in [3.8, 4) is 28.4 Å². The lowest BCUT2D eigenvalue weighted by molar-refractivity contribution is -0.385. The van der Waals surface area contributed by atoms with Gasteiger partial charge >= 0.3 is 5.97 Å². The Morgan fingerprint density at radius 1 is 1.03 bits per heavy atom. The Morgan fingerprint density at radius 2 is 1.69 bits per heavy atom. The third-order valence-corrected chi connectivity index (χ3v) is 5.70. The molecule has 0 aliphatic heterocycles. The number of esters is 1. The van der Waals surface area contributed by atoms with Gasteiger partial charge < -0.3 is 14.2 Å². The zero-order valence-electron chi connectivity index (χ0n) is 18.1. The van der Waals surface area contributed by atoms with E-state index in [1.54, 1.807) is 49.2 Å². The monoisotopic (exact) mass is 437 g/mol. The number of fused-ring (bicyclic) bond motifs is 1. The predicted octanol–water partition coefficient (Wildman–Crippen LogP) is 4.13. The van der Waals surface area contributed by atoms with E-state index in [0.29, 0.717) is 46.8 Å². The van der Waals surface area contributed by atoms with E-state index in [-0.39, 0.29) is 16.3 Å². The van der Waals surface area contributed by atoms with Crippen LogP contribution < -0.4 is 9.47 Å². The molecule has 0 bridgehead atoms. The van der Waals surface area contributed by atoms with Crippen molar-refractivity contribution in [1.82, 2.24) is 9.78 Å². The molecule has 1 aromatic heterocycles. The summed E-state index contributed by atoms with van der Waals surface area (Å²) in [6, 6.07) is 10.2. The van der Waals surface area contributed by atoms with E-state index >= 15 is 0 Å². The van der Waals surface area contributed by atoms with Gasteiger partial charge in [0.15, 0.2) is 5.69 Å². The average molecular weight is 437 g/mol. The molecule has 2 aromatic carbocycles. The summed E-state index contributed by atoms with van der Waals surface area (Å²) in [5.74, 6) is 0.491. The van der Waals surface area contributed by atoms with Crippen molar-refractivity contribution in [2.24, 2.45) is 0 Å². The lowest BCUT2D eigenvalue weighted by Gasteiger charge is -2.21. The molecule has 9 heteroatoms. The van der Waals surface area contributed by atoms with Gasteiger partial charge in [-0.25, -0.2) is 9.48 Å². The first-order chi connectivity index (χ1) is 15.5. The van der Waals surface area contributed by atoms with Crippen LogP contribution in [0.1, 0.15) is 34.5 Å². The number of rotatable bonds is 6. The summed E-state index contributed by atoms with van der Waals surface area (Å²) in [4.78, 5) is 23.6. The zero-order valence-corrected chi connectivity index (χ0v) is 18.1. The molecule has 1 heterocycles. The van der Waals surface area contributed by atoms with Gasteiger partial charge in [-0.3, -0.25) is 10.1 Å². The van der Waals surface area contributed by atoms with Crippen LogP contribution in [0.25, 0.3) is 16.9 Å². The predicted molar refractivity (Wildman–Crippen MR) is 117 cm³/mol. The molecule has 0 fully saturated rings. The van der Waals surface area contributed by atoms with Crippen molar-refractivity contribution in [3.05, 3.63) is 63.3 Å². The average Bonchev–Trinajstić information content (AvgIpc) is 3.26. The van der Waals surface area contributed by atoms with Gasteiger partial charge in [0.25, 0.3) is 5.69 Å². The summed E-state index contributed by atoms with van der Waals surface area (Å²) in [5.41, 5.74) is 3.65. The summed E-state index contributed by atoms with van der Waals surface area (Å²) in [6.07, 6.45) is 3.11. The molecule has 1 aliphatic rings. The van der Waals surface area contributed by atoms with E-state index in [9.17, 15) is 14.9 Å².